The quantitative estimate of drug-likeness (QED) is 0.673. The van der Waals surface area contributed by atoms with E-state index in [9.17, 15) is 9.59 Å². The summed E-state index contributed by atoms with van der Waals surface area (Å²) in [6.07, 6.45) is 1.87. The number of benzene rings is 1. The zero-order chi connectivity index (χ0) is 18.2. The monoisotopic (exact) mass is 359 g/mol. The second-order valence-electron chi connectivity index (χ2n) is 6.01. The molecule has 0 saturated carbocycles. The number of para-hydroxylation sites is 1. The molecule has 1 fully saturated rings. The number of imide groups is 1. The number of hydrazone groups is 1. The molecular weight excluding hydrogens is 342 g/mol. The predicted molar refractivity (Wildman–Crippen MR) is 95.0 cm³/mol. The molecule has 3 rings (SSSR count). The van der Waals surface area contributed by atoms with Crippen LogP contribution in [0, 0.1) is 6.92 Å². The number of hydrogen-bond acceptors (Lipinski definition) is 4. The van der Waals surface area contributed by atoms with Crippen LogP contribution < -0.4 is 5.32 Å². The number of aryl methyl sites for hydroxylation is 1. The molecule has 0 spiro atoms. The molecule has 0 radical (unpaired) electrons. The van der Waals surface area contributed by atoms with Crippen LogP contribution in [-0.2, 0) is 4.79 Å². The molecule has 1 saturated heterocycles. The third-order valence-electron chi connectivity index (χ3n) is 4.30. The molecule has 25 heavy (non-hydrogen) atoms. The minimum Gasteiger partial charge on any atom is -0.322 e. The number of rotatable bonds is 4. The second-order valence-corrected chi connectivity index (χ2v) is 6.37. The molecular formula is C17H18ClN5O2. The average Bonchev–Trinajstić information content (AvgIpc) is 3.01. The Morgan fingerprint density at radius 2 is 2.00 bits per heavy atom. The van der Waals surface area contributed by atoms with Crippen molar-refractivity contribution in [1.29, 1.82) is 0 Å². The van der Waals surface area contributed by atoms with Gasteiger partial charge in [0.2, 0.25) is 0 Å². The van der Waals surface area contributed by atoms with E-state index < -0.39 is 11.6 Å². The van der Waals surface area contributed by atoms with Gasteiger partial charge in [-0.1, -0.05) is 36.7 Å². The van der Waals surface area contributed by atoms with E-state index in [-0.39, 0.29) is 5.91 Å². The van der Waals surface area contributed by atoms with Crippen molar-refractivity contribution in [1.82, 2.24) is 20.1 Å². The highest BCUT2D eigenvalue weighted by atomic mass is 35.5. The molecule has 8 heteroatoms. The fourth-order valence-electron chi connectivity index (χ4n) is 2.53. The van der Waals surface area contributed by atoms with Crippen molar-refractivity contribution in [2.75, 3.05) is 0 Å². The molecule has 1 aliphatic heterocycles. The first kappa shape index (κ1) is 17.2. The van der Waals surface area contributed by atoms with Gasteiger partial charge < -0.3 is 5.32 Å². The maximum Gasteiger partial charge on any atom is 0.346 e. The van der Waals surface area contributed by atoms with Crippen LogP contribution in [0.1, 0.15) is 31.5 Å². The van der Waals surface area contributed by atoms with Crippen LogP contribution in [-0.4, -0.2) is 38.5 Å². The van der Waals surface area contributed by atoms with Crippen molar-refractivity contribution >= 4 is 29.8 Å². The molecule has 0 unspecified atom stereocenters. The highest BCUT2D eigenvalue weighted by molar-refractivity contribution is 6.32. The van der Waals surface area contributed by atoms with Crippen molar-refractivity contribution in [2.24, 2.45) is 5.10 Å². The SMILES string of the molecule is CC[C@]1(C)NC(=O)N(/N=C\c2c(C)nn(-c3ccccc3)c2Cl)C1=O. The van der Waals surface area contributed by atoms with Crippen molar-refractivity contribution in [2.45, 2.75) is 32.7 Å². The van der Waals surface area contributed by atoms with Crippen LogP contribution in [0.25, 0.3) is 5.69 Å². The van der Waals surface area contributed by atoms with E-state index in [4.69, 9.17) is 11.6 Å². The Morgan fingerprint density at radius 1 is 1.32 bits per heavy atom. The van der Waals surface area contributed by atoms with E-state index in [0.717, 1.165) is 10.7 Å². The lowest BCUT2D eigenvalue weighted by Crippen LogP contribution is -2.42. The Hall–Kier alpha value is -2.67. The standard InChI is InChI=1S/C17H18ClN5O2/c1-4-17(3)15(24)23(16(25)20-17)19-10-13-11(2)21-22(14(13)18)12-8-6-5-7-9-12/h5-10H,4H2,1-3H3,(H,20,25)/b19-10-/t17-/m0/s1. The van der Waals surface area contributed by atoms with Gasteiger partial charge in [-0.25, -0.2) is 9.48 Å². The minimum atomic E-state index is -0.929. The summed E-state index contributed by atoms with van der Waals surface area (Å²) in [7, 11) is 0. The highest BCUT2D eigenvalue weighted by Crippen LogP contribution is 2.24. The summed E-state index contributed by atoms with van der Waals surface area (Å²) in [5.74, 6) is -0.388. The summed E-state index contributed by atoms with van der Waals surface area (Å²) in [6, 6.07) is 8.88. The van der Waals surface area contributed by atoms with E-state index in [1.165, 1.54) is 6.21 Å². The molecule has 0 aliphatic carbocycles. The molecule has 130 valence electrons. The van der Waals surface area contributed by atoms with Crippen LogP contribution in [0.15, 0.2) is 35.4 Å². The number of aromatic nitrogens is 2. The first-order chi connectivity index (χ1) is 11.9. The highest BCUT2D eigenvalue weighted by Gasteiger charge is 2.46. The first-order valence-corrected chi connectivity index (χ1v) is 8.26. The summed E-state index contributed by atoms with van der Waals surface area (Å²) >= 11 is 6.41. The van der Waals surface area contributed by atoms with Crippen LogP contribution >= 0.6 is 11.6 Å². The van der Waals surface area contributed by atoms with Crippen LogP contribution in [0.2, 0.25) is 5.15 Å². The molecule has 1 atom stereocenters. The summed E-state index contributed by atoms with van der Waals surface area (Å²) in [5.41, 5.74) is 1.07. The Kier molecular flexibility index (Phi) is 4.34. The molecule has 1 aliphatic rings. The Morgan fingerprint density at radius 3 is 2.60 bits per heavy atom. The predicted octanol–water partition coefficient (Wildman–Crippen LogP) is 2.89. The summed E-state index contributed by atoms with van der Waals surface area (Å²) < 4.78 is 1.58. The molecule has 0 bridgehead atoms. The zero-order valence-electron chi connectivity index (χ0n) is 14.2. The largest absolute Gasteiger partial charge is 0.346 e. The van der Waals surface area contributed by atoms with Gasteiger partial charge in [0, 0.05) is 0 Å². The van der Waals surface area contributed by atoms with Gasteiger partial charge in [0.1, 0.15) is 10.7 Å². The third kappa shape index (κ3) is 2.91. The van der Waals surface area contributed by atoms with Crippen LogP contribution in [0.4, 0.5) is 4.79 Å². The molecule has 3 amide bonds. The normalized spacial score (nSPS) is 20.6. The van der Waals surface area contributed by atoms with E-state index in [2.05, 4.69) is 15.5 Å². The maximum absolute atomic E-state index is 12.4. The lowest BCUT2D eigenvalue weighted by atomic mass is 10.00. The van der Waals surface area contributed by atoms with Gasteiger partial charge in [0.25, 0.3) is 5.91 Å². The fraction of sp³-hybridized carbons (Fsp3) is 0.294. The van der Waals surface area contributed by atoms with Crippen molar-refractivity contribution in [3.05, 3.63) is 46.7 Å². The van der Waals surface area contributed by atoms with Crippen molar-refractivity contribution < 1.29 is 9.59 Å². The maximum atomic E-state index is 12.4. The summed E-state index contributed by atoms with van der Waals surface area (Å²) in [4.78, 5) is 24.4. The van der Waals surface area contributed by atoms with Gasteiger partial charge in [-0.15, -0.1) is 5.01 Å². The van der Waals surface area contributed by atoms with Crippen molar-refractivity contribution in [3.63, 3.8) is 0 Å². The number of amides is 3. The Labute approximate surface area is 150 Å². The summed E-state index contributed by atoms with van der Waals surface area (Å²) in [6.45, 7) is 5.29. The Bertz CT molecular complexity index is 861. The van der Waals surface area contributed by atoms with Gasteiger partial charge in [-0.2, -0.15) is 10.2 Å². The number of urea groups is 1. The van der Waals surface area contributed by atoms with Gasteiger partial charge in [-0.05, 0) is 32.4 Å². The Balaban J connectivity index is 1.92. The molecule has 7 nitrogen and oxygen atoms in total. The molecule has 2 heterocycles. The van der Waals surface area contributed by atoms with Gasteiger partial charge >= 0.3 is 6.03 Å². The number of carbonyl (C=O) groups excluding carboxylic acids is 2. The second kappa shape index (κ2) is 6.33. The molecule has 1 N–H and O–H groups in total. The topological polar surface area (TPSA) is 79.6 Å². The minimum absolute atomic E-state index is 0.359. The van der Waals surface area contributed by atoms with E-state index in [1.807, 2.05) is 37.3 Å². The zero-order valence-corrected chi connectivity index (χ0v) is 14.9. The molecule has 2 aromatic rings. The lowest BCUT2D eigenvalue weighted by Gasteiger charge is -2.17. The number of nitrogens with one attached hydrogen (secondary N) is 1. The number of hydrogen-bond donors (Lipinski definition) is 1. The number of carbonyl (C=O) groups is 2. The average molecular weight is 360 g/mol. The summed E-state index contributed by atoms with van der Waals surface area (Å²) in [5, 5.41) is 12.3. The molecule has 1 aromatic carbocycles. The smallest absolute Gasteiger partial charge is 0.322 e. The van der Waals surface area contributed by atoms with Gasteiger partial charge in [0.15, 0.2) is 0 Å². The van der Waals surface area contributed by atoms with Crippen molar-refractivity contribution in [3.8, 4) is 5.69 Å². The van der Waals surface area contributed by atoms with Crippen LogP contribution in [0.3, 0.4) is 0 Å². The fourth-order valence-corrected chi connectivity index (χ4v) is 2.85. The van der Waals surface area contributed by atoms with Gasteiger partial charge in [-0.3, -0.25) is 4.79 Å². The van der Waals surface area contributed by atoms with E-state index in [0.29, 0.717) is 22.8 Å². The van der Waals surface area contributed by atoms with E-state index >= 15 is 0 Å². The van der Waals surface area contributed by atoms with E-state index in [1.54, 1.807) is 18.5 Å². The van der Waals surface area contributed by atoms with Crippen LogP contribution in [0.5, 0.6) is 0 Å². The number of nitrogens with zero attached hydrogens (tertiary/aromatic N) is 4. The first-order valence-electron chi connectivity index (χ1n) is 7.88. The third-order valence-corrected chi connectivity index (χ3v) is 4.66. The van der Waals surface area contributed by atoms with Gasteiger partial charge in [0.05, 0.1) is 23.2 Å². The lowest BCUT2D eigenvalue weighted by molar-refractivity contribution is -0.130. The number of halogens is 1. The molecule has 1 aromatic heterocycles.